The molecule has 0 unspecified atom stereocenters. The summed E-state index contributed by atoms with van der Waals surface area (Å²) >= 11 is 1.71. The number of aromatic nitrogens is 1. The summed E-state index contributed by atoms with van der Waals surface area (Å²) in [6, 6.07) is 5.71. The van der Waals surface area contributed by atoms with Gasteiger partial charge in [0.05, 0.1) is 25.5 Å². The summed E-state index contributed by atoms with van der Waals surface area (Å²) in [5.74, 6) is 0.0792. The van der Waals surface area contributed by atoms with Crippen LogP contribution < -0.4 is 15.0 Å². The maximum absolute atomic E-state index is 12.3. The van der Waals surface area contributed by atoms with Gasteiger partial charge in [0.1, 0.15) is 5.75 Å². The Morgan fingerprint density at radius 3 is 2.74 bits per heavy atom. The fraction of sp³-hybridized carbons (Fsp3) is 0.560. The summed E-state index contributed by atoms with van der Waals surface area (Å²) < 4.78 is 11.5. The number of nitrogens with zero attached hydrogens (tertiary/aromatic N) is 2. The van der Waals surface area contributed by atoms with Crippen LogP contribution in [0.2, 0.25) is 0 Å². The minimum absolute atomic E-state index is 0.0539. The molecule has 2 fully saturated rings. The molecule has 2 N–H and O–H groups in total. The van der Waals surface area contributed by atoms with Crippen LogP contribution in [-0.2, 0) is 33.7 Å². The molecule has 2 heterocycles. The molecule has 1 aromatic heterocycles. The number of carbonyl (C=O) groups is 2. The van der Waals surface area contributed by atoms with Crippen LogP contribution in [0.15, 0.2) is 18.2 Å². The van der Waals surface area contributed by atoms with Crippen molar-refractivity contribution in [3.8, 4) is 5.75 Å². The molecule has 1 aromatic carbocycles. The summed E-state index contributed by atoms with van der Waals surface area (Å²) in [6.07, 6.45) is 4.19. The Morgan fingerprint density at radius 2 is 2.03 bits per heavy atom. The van der Waals surface area contributed by atoms with Crippen molar-refractivity contribution in [3.05, 3.63) is 39.9 Å². The molecule has 8 nitrogen and oxygen atoms in total. The number of thiazole rings is 1. The van der Waals surface area contributed by atoms with Gasteiger partial charge < -0.3 is 24.8 Å². The Kier molecular flexibility index (Phi) is 8.39. The van der Waals surface area contributed by atoms with Gasteiger partial charge in [-0.2, -0.15) is 0 Å². The van der Waals surface area contributed by atoms with Gasteiger partial charge in [-0.05, 0) is 49.4 Å². The van der Waals surface area contributed by atoms with E-state index in [1.54, 1.807) is 11.3 Å². The number of rotatable bonds is 11. The van der Waals surface area contributed by atoms with E-state index in [2.05, 4.69) is 17.1 Å². The van der Waals surface area contributed by atoms with E-state index in [1.807, 2.05) is 18.2 Å². The number of benzene rings is 1. The first-order valence-corrected chi connectivity index (χ1v) is 12.8. The van der Waals surface area contributed by atoms with E-state index >= 15 is 0 Å². The van der Waals surface area contributed by atoms with Crippen molar-refractivity contribution in [2.45, 2.75) is 52.0 Å². The molecule has 9 heteroatoms. The van der Waals surface area contributed by atoms with E-state index in [0.29, 0.717) is 31.7 Å². The number of carboxylic acid groups (broad SMARTS) is 1. The third-order valence-corrected chi connectivity index (χ3v) is 7.56. The number of carboxylic acids is 1. The zero-order valence-electron chi connectivity index (χ0n) is 19.7. The first-order valence-electron chi connectivity index (χ1n) is 12.0. The Bertz CT molecular complexity index is 998. The lowest BCUT2D eigenvalue weighted by atomic mass is 9.85. The average molecular weight is 488 g/mol. The number of aliphatic carboxylic acids is 1. The monoisotopic (exact) mass is 487 g/mol. The molecule has 0 spiro atoms. The fourth-order valence-electron chi connectivity index (χ4n) is 4.14. The van der Waals surface area contributed by atoms with Gasteiger partial charge in [-0.3, -0.25) is 9.59 Å². The lowest BCUT2D eigenvalue weighted by molar-refractivity contribution is -0.137. The number of ether oxygens (including phenoxy) is 2. The van der Waals surface area contributed by atoms with Gasteiger partial charge in [0.15, 0.2) is 5.13 Å². The minimum atomic E-state index is -0.833. The Balaban J connectivity index is 1.35. The van der Waals surface area contributed by atoms with Gasteiger partial charge in [0, 0.05) is 43.3 Å². The Morgan fingerprint density at radius 1 is 1.24 bits per heavy atom. The number of anilines is 1. The highest BCUT2D eigenvalue weighted by Crippen LogP contribution is 2.28. The highest BCUT2D eigenvalue weighted by Gasteiger charge is 2.25. The van der Waals surface area contributed by atoms with E-state index < -0.39 is 5.97 Å². The minimum Gasteiger partial charge on any atom is -0.493 e. The van der Waals surface area contributed by atoms with Gasteiger partial charge in [-0.1, -0.05) is 12.5 Å². The quantitative estimate of drug-likeness (QED) is 0.501. The molecule has 2 aromatic rings. The molecular formula is C25H33N3O5S. The normalized spacial score (nSPS) is 16.2. The summed E-state index contributed by atoms with van der Waals surface area (Å²) in [4.78, 5) is 31.6. The van der Waals surface area contributed by atoms with Crippen molar-refractivity contribution >= 4 is 28.3 Å². The van der Waals surface area contributed by atoms with Gasteiger partial charge in [0.2, 0.25) is 5.91 Å². The molecular weight excluding hydrogens is 454 g/mol. The third-order valence-electron chi connectivity index (χ3n) is 6.49. The topological polar surface area (TPSA) is 101 Å². The van der Waals surface area contributed by atoms with Crippen LogP contribution in [0.4, 0.5) is 5.13 Å². The number of hydrogen-bond acceptors (Lipinski definition) is 7. The van der Waals surface area contributed by atoms with Gasteiger partial charge in [-0.15, -0.1) is 11.3 Å². The Hall–Kier alpha value is -2.65. The van der Waals surface area contributed by atoms with Crippen LogP contribution in [0.1, 0.15) is 47.4 Å². The molecule has 1 amide bonds. The number of amides is 1. The lowest BCUT2D eigenvalue weighted by Gasteiger charge is -2.26. The summed E-state index contributed by atoms with van der Waals surface area (Å²) in [7, 11) is 0. The molecule has 1 aliphatic carbocycles. The van der Waals surface area contributed by atoms with E-state index in [9.17, 15) is 9.59 Å². The van der Waals surface area contributed by atoms with Crippen molar-refractivity contribution in [2.24, 2.45) is 5.92 Å². The molecule has 1 aliphatic heterocycles. The average Bonchev–Trinajstić information content (AvgIpc) is 3.17. The van der Waals surface area contributed by atoms with Crippen LogP contribution >= 0.6 is 11.3 Å². The lowest BCUT2D eigenvalue weighted by Crippen LogP contribution is -2.36. The van der Waals surface area contributed by atoms with Gasteiger partial charge >= 0.3 is 5.97 Å². The van der Waals surface area contributed by atoms with E-state index in [0.717, 1.165) is 67.5 Å². The van der Waals surface area contributed by atoms with Crippen molar-refractivity contribution in [2.75, 3.05) is 37.8 Å². The second-order valence-electron chi connectivity index (χ2n) is 8.87. The van der Waals surface area contributed by atoms with Crippen LogP contribution in [0, 0.1) is 12.8 Å². The first-order chi connectivity index (χ1) is 16.5. The third kappa shape index (κ3) is 6.48. The molecule has 0 radical (unpaired) electrons. The second kappa shape index (κ2) is 11.7. The highest BCUT2D eigenvalue weighted by molar-refractivity contribution is 7.15. The molecule has 34 heavy (non-hydrogen) atoms. The number of hydrogen-bond donors (Lipinski definition) is 2. The second-order valence-corrected chi connectivity index (χ2v) is 10.0. The Labute approximate surface area is 204 Å². The van der Waals surface area contributed by atoms with Crippen LogP contribution in [0.25, 0.3) is 0 Å². The molecule has 1 saturated carbocycles. The number of carbonyl (C=O) groups excluding carboxylic acids is 1. The van der Waals surface area contributed by atoms with Crippen LogP contribution in [-0.4, -0.2) is 54.9 Å². The smallest absolute Gasteiger partial charge is 0.303 e. The highest BCUT2D eigenvalue weighted by atomic mass is 32.1. The standard InChI is InChI=1S/C25H33N3O5S/c1-17-22(27-25(34-17)28-10-13-32-14-11-28)9-12-33-21-7-5-18(6-8-23(29)30)20(15-21)16-26-24(31)19-3-2-4-19/h5,7,15,19H,2-4,6,8-14,16H2,1H3,(H,26,31)(H,29,30). The van der Waals surface area contributed by atoms with Crippen molar-refractivity contribution in [1.82, 2.24) is 10.3 Å². The summed E-state index contributed by atoms with van der Waals surface area (Å²) in [6.45, 7) is 6.20. The predicted molar refractivity (Wildman–Crippen MR) is 131 cm³/mol. The molecule has 0 bridgehead atoms. The van der Waals surface area contributed by atoms with E-state index in [1.165, 1.54) is 4.88 Å². The predicted octanol–water partition coefficient (Wildman–Crippen LogP) is 3.34. The fourth-order valence-corrected chi connectivity index (χ4v) is 5.15. The number of morpholine rings is 1. The molecule has 1 saturated heterocycles. The van der Waals surface area contributed by atoms with Crippen LogP contribution in [0.3, 0.4) is 0 Å². The summed E-state index contributed by atoms with van der Waals surface area (Å²) in [5.41, 5.74) is 2.89. The van der Waals surface area contributed by atoms with E-state index in [4.69, 9.17) is 19.6 Å². The molecule has 4 rings (SSSR count). The van der Waals surface area contributed by atoms with Crippen LogP contribution in [0.5, 0.6) is 5.75 Å². The zero-order chi connectivity index (χ0) is 23.9. The largest absolute Gasteiger partial charge is 0.493 e. The number of aryl methyl sites for hydroxylation is 2. The maximum atomic E-state index is 12.3. The van der Waals surface area contributed by atoms with Gasteiger partial charge in [0.25, 0.3) is 0 Å². The van der Waals surface area contributed by atoms with Gasteiger partial charge in [-0.25, -0.2) is 4.98 Å². The SMILES string of the molecule is Cc1sc(N2CCOCC2)nc1CCOc1ccc(CCC(=O)O)c(CNC(=O)C2CCC2)c1. The molecule has 2 aliphatic rings. The van der Waals surface area contributed by atoms with E-state index in [-0.39, 0.29) is 18.2 Å². The molecule has 184 valence electrons. The zero-order valence-corrected chi connectivity index (χ0v) is 20.5. The molecule has 0 atom stereocenters. The number of nitrogens with one attached hydrogen (secondary N) is 1. The van der Waals surface area contributed by atoms with Crippen molar-refractivity contribution in [1.29, 1.82) is 0 Å². The maximum Gasteiger partial charge on any atom is 0.303 e. The van der Waals surface area contributed by atoms with Crippen molar-refractivity contribution in [3.63, 3.8) is 0 Å². The van der Waals surface area contributed by atoms with Crippen molar-refractivity contribution < 1.29 is 24.2 Å². The summed E-state index contributed by atoms with van der Waals surface area (Å²) in [5, 5.41) is 13.1. The first kappa shape index (κ1) is 24.5.